The van der Waals surface area contributed by atoms with Gasteiger partial charge < -0.3 is 15.6 Å². The van der Waals surface area contributed by atoms with E-state index in [1.807, 2.05) is 6.92 Å². The standard InChI is InChI=1S/C15H13NO4/c1-9-2-3-11(15(18)19)8-13(9)20-12-6-4-10(5-7-12)14(16)17/h2-8H,1H3,(H2,16,17)(H,18,19). The first-order valence-electron chi connectivity index (χ1n) is 5.89. The number of hydrogen-bond acceptors (Lipinski definition) is 3. The molecule has 2 aromatic carbocycles. The maximum Gasteiger partial charge on any atom is 0.335 e. The summed E-state index contributed by atoms with van der Waals surface area (Å²) < 4.78 is 5.62. The van der Waals surface area contributed by atoms with E-state index in [0.29, 0.717) is 17.1 Å². The van der Waals surface area contributed by atoms with Crippen LogP contribution >= 0.6 is 0 Å². The zero-order valence-electron chi connectivity index (χ0n) is 10.8. The Morgan fingerprint density at radius 3 is 2.20 bits per heavy atom. The maximum atomic E-state index is 11.0. The summed E-state index contributed by atoms with van der Waals surface area (Å²) in [7, 11) is 0. The van der Waals surface area contributed by atoms with Crippen LogP contribution in [0.2, 0.25) is 0 Å². The number of primary amides is 1. The summed E-state index contributed by atoms with van der Waals surface area (Å²) in [6.45, 7) is 1.82. The average molecular weight is 271 g/mol. The number of carboxylic acid groups (broad SMARTS) is 1. The third-order valence-electron chi connectivity index (χ3n) is 2.80. The van der Waals surface area contributed by atoms with E-state index in [9.17, 15) is 9.59 Å². The fraction of sp³-hybridized carbons (Fsp3) is 0.0667. The Kier molecular flexibility index (Phi) is 3.70. The van der Waals surface area contributed by atoms with Gasteiger partial charge in [0.15, 0.2) is 0 Å². The van der Waals surface area contributed by atoms with Gasteiger partial charge in [-0.2, -0.15) is 0 Å². The van der Waals surface area contributed by atoms with Crippen molar-refractivity contribution in [1.29, 1.82) is 0 Å². The van der Waals surface area contributed by atoms with Gasteiger partial charge in [0.05, 0.1) is 5.56 Å². The van der Waals surface area contributed by atoms with Crippen LogP contribution in [0.1, 0.15) is 26.3 Å². The van der Waals surface area contributed by atoms with E-state index in [0.717, 1.165) is 5.56 Å². The van der Waals surface area contributed by atoms with Crippen LogP contribution in [0.4, 0.5) is 0 Å². The summed E-state index contributed by atoms with van der Waals surface area (Å²) in [4.78, 5) is 21.9. The highest BCUT2D eigenvalue weighted by molar-refractivity contribution is 5.92. The van der Waals surface area contributed by atoms with Crippen LogP contribution in [0.25, 0.3) is 0 Å². The topological polar surface area (TPSA) is 89.6 Å². The van der Waals surface area contributed by atoms with Crippen molar-refractivity contribution in [3.05, 3.63) is 59.2 Å². The molecule has 0 bridgehead atoms. The van der Waals surface area contributed by atoms with E-state index in [2.05, 4.69) is 0 Å². The molecule has 3 N–H and O–H groups in total. The molecule has 0 atom stereocenters. The number of aryl methyl sites for hydroxylation is 1. The highest BCUT2D eigenvalue weighted by atomic mass is 16.5. The molecule has 0 heterocycles. The monoisotopic (exact) mass is 271 g/mol. The lowest BCUT2D eigenvalue weighted by Gasteiger charge is -2.09. The van der Waals surface area contributed by atoms with Crippen molar-refractivity contribution in [2.45, 2.75) is 6.92 Å². The molecule has 5 nitrogen and oxygen atoms in total. The molecule has 5 heteroatoms. The Balaban J connectivity index is 2.27. The Hall–Kier alpha value is -2.82. The van der Waals surface area contributed by atoms with Gasteiger partial charge >= 0.3 is 5.97 Å². The van der Waals surface area contributed by atoms with Crippen LogP contribution in [0.5, 0.6) is 11.5 Å². The minimum Gasteiger partial charge on any atom is -0.478 e. The Bertz CT molecular complexity index is 662. The van der Waals surface area contributed by atoms with E-state index in [4.69, 9.17) is 15.6 Å². The van der Waals surface area contributed by atoms with Crippen LogP contribution in [-0.4, -0.2) is 17.0 Å². The molecule has 0 saturated carbocycles. The summed E-state index contributed by atoms with van der Waals surface area (Å²) >= 11 is 0. The first-order valence-corrected chi connectivity index (χ1v) is 5.89. The van der Waals surface area contributed by atoms with Gasteiger partial charge in [0.1, 0.15) is 11.5 Å². The van der Waals surface area contributed by atoms with Crippen LogP contribution in [0.15, 0.2) is 42.5 Å². The normalized spacial score (nSPS) is 10.1. The molecule has 0 saturated heterocycles. The van der Waals surface area contributed by atoms with E-state index in [1.54, 1.807) is 30.3 Å². The van der Waals surface area contributed by atoms with Crippen LogP contribution in [-0.2, 0) is 0 Å². The number of ether oxygens (including phenoxy) is 1. The highest BCUT2D eigenvalue weighted by Crippen LogP contribution is 2.26. The molecule has 1 amide bonds. The van der Waals surface area contributed by atoms with Gasteiger partial charge in [0.2, 0.25) is 5.91 Å². The third kappa shape index (κ3) is 2.95. The van der Waals surface area contributed by atoms with Crippen molar-refractivity contribution in [3.8, 4) is 11.5 Å². The van der Waals surface area contributed by atoms with Crippen LogP contribution in [0, 0.1) is 6.92 Å². The maximum absolute atomic E-state index is 11.0. The van der Waals surface area contributed by atoms with Gasteiger partial charge in [0.25, 0.3) is 0 Å². The number of carbonyl (C=O) groups excluding carboxylic acids is 1. The predicted molar refractivity (Wildman–Crippen MR) is 73.2 cm³/mol. The molecule has 0 radical (unpaired) electrons. The van der Waals surface area contributed by atoms with Gasteiger partial charge in [-0.3, -0.25) is 4.79 Å². The summed E-state index contributed by atoms with van der Waals surface area (Å²) in [6.07, 6.45) is 0. The first kappa shape index (κ1) is 13.6. The summed E-state index contributed by atoms with van der Waals surface area (Å²) in [5.74, 6) is -0.572. The minimum atomic E-state index is -1.01. The van der Waals surface area contributed by atoms with E-state index in [1.165, 1.54) is 12.1 Å². The Labute approximate surface area is 115 Å². The number of carbonyl (C=O) groups is 2. The molecule has 0 aliphatic heterocycles. The van der Waals surface area contributed by atoms with Gasteiger partial charge in [-0.15, -0.1) is 0 Å². The lowest BCUT2D eigenvalue weighted by Crippen LogP contribution is -2.10. The van der Waals surface area contributed by atoms with Gasteiger partial charge in [0, 0.05) is 5.56 Å². The lowest BCUT2D eigenvalue weighted by atomic mass is 10.1. The van der Waals surface area contributed by atoms with Crippen molar-refractivity contribution >= 4 is 11.9 Å². The molecule has 2 rings (SSSR count). The smallest absolute Gasteiger partial charge is 0.335 e. The van der Waals surface area contributed by atoms with Crippen molar-refractivity contribution in [1.82, 2.24) is 0 Å². The largest absolute Gasteiger partial charge is 0.478 e. The molecular formula is C15H13NO4. The number of amides is 1. The van der Waals surface area contributed by atoms with Gasteiger partial charge in [-0.25, -0.2) is 4.79 Å². The van der Waals surface area contributed by atoms with Crippen LogP contribution in [0.3, 0.4) is 0 Å². The molecule has 102 valence electrons. The highest BCUT2D eigenvalue weighted by Gasteiger charge is 2.08. The first-order chi connectivity index (χ1) is 9.47. The van der Waals surface area contributed by atoms with Crippen molar-refractivity contribution in [3.63, 3.8) is 0 Å². The molecule has 0 aromatic heterocycles. The SMILES string of the molecule is Cc1ccc(C(=O)O)cc1Oc1ccc(C(N)=O)cc1. The summed E-state index contributed by atoms with van der Waals surface area (Å²) in [5.41, 5.74) is 6.50. The van der Waals surface area contributed by atoms with Crippen molar-refractivity contribution in [2.75, 3.05) is 0 Å². The Morgan fingerprint density at radius 2 is 1.65 bits per heavy atom. The minimum absolute atomic E-state index is 0.152. The number of nitrogens with two attached hydrogens (primary N) is 1. The lowest BCUT2D eigenvalue weighted by molar-refractivity contribution is 0.0696. The number of aromatic carboxylic acids is 1. The molecule has 0 aliphatic carbocycles. The zero-order valence-corrected chi connectivity index (χ0v) is 10.8. The van der Waals surface area contributed by atoms with Gasteiger partial charge in [-0.1, -0.05) is 6.07 Å². The van der Waals surface area contributed by atoms with E-state index >= 15 is 0 Å². The average Bonchev–Trinajstić information content (AvgIpc) is 2.41. The number of rotatable bonds is 4. The molecule has 0 spiro atoms. The second-order valence-electron chi connectivity index (χ2n) is 4.28. The predicted octanol–water partition coefficient (Wildman–Crippen LogP) is 2.58. The molecular weight excluding hydrogens is 258 g/mol. The van der Waals surface area contributed by atoms with Crippen molar-refractivity contribution < 1.29 is 19.4 Å². The van der Waals surface area contributed by atoms with Crippen molar-refractivity contribution in [2.24, 2.45) is 5.73 Å². The fourth-order valence-corrected chi connectivity index (χ4v) is 1.66. The Morgan fingerprint density at radius 1 is 1.05 bits per heavy atom. The number of carboxylic acids is 1. The van der Waals surface area contributed by atoms with E-state index < -0.39 is 11.9 Å². The number of hydrogen-bond donors (Lipinski definition) is 2. The molecule has 0 fully saturated rings. The van der Waals surface area contributed by atoms with Gasteiger partial charge in [-0.05, 0) is 48.9 Å². The second kappa shape index (κ2) is 5.44. The fourth-order valence-electron chi connectivity index (χ4n) is 1.66. The summed E-state index contributed by atoms with van der Waals surface area (Å²) in [6, 6.07) is 11.0. The quantitative estimate of drug-likeness (QED) is 0.894. The molecule has 0 aliphatic rings. The second-order valence-corrected chi connectivity index (χ2v) is 4.28. The summed E-state index contributed by atoms with van der Waals surface area (Å²) in [5, 5.41) is 8.96. The van der Waals surface area contributed by atoms with E-state index in [-0.39, 0.29) is 5.56 Å². The van der Waals surface area contributed by atoms with Crippen LogP contribution < -0.4 is 10.5 Å². The molecule has 20 heavy (non-hydrogen) atoms. The third-order valence-corrected chi connectivity index (χ3v) is 2.80. The molecule has 2 aromatic rings. The molecule has 0 unspecified atom stereocenters. The number of benzene rings is 2. The zero-order chi connectivity index (χ0) is 14.7.